The van der Waals surface area contributed by atoms with Crippen molar-refractivity contribution in [3.63, 3.8) is 0 Å². The Kier molecular flexibility index (Phi) is 2.09. The molecule has 1 unspecified atom stereocenters. The molecular formula is C9H8N2. The van der Waals surface area contributed by atoms with Gasteiger partial charge in [-0.3, -0.25) is 0 Å². The SMILES string of the molecule is CC1=CC(C#N)=CC(C#N)C1. The minimum atomic E-state index is -0.102. The van der Waals surface area contributed by atoms with Crippen molar-refractivity contribution in [3.05, 3.63) is 23.3 Å². The van der Waals surface area contributed by atoms with Crippen molar-refractivity contribution >= 4 is 0 Å². The molecule has 54 valence electrons. The van der Waals surface area contributed by atoms with Gasteiger partial charge in [-0.25, -0.2) is 0 Å². The summed E-state index contributed by atoms with van der Waals surface area (Å²) in [6.07, 6.45) is 4.31. The fourth-order valence-corrected chi connectivity index (χ4v) is 1.15. The van der Waals surface area contributed by atoms with Crippen molar-refractivity contribution in [1.29, 1.82) is 10.5 Å². The molecule has 2 heteroatoms. The highest BCUT2D eigenvalue weighted by molar-refractivity contribution is 5.40. The van der Waals surface area contributed by atoms with Crippen molar-refractivity contribution in [1.82, 2.24) is 0 Å². The van der Waals surface area contributed by atoms with E-state index in [-0.39, 0.29) is 5.92 Å². The van der Waals surface area contributed by atoms with Crippen LogP contribution in [-0.2, 0) is 0 Å². The van der Waals surface area contributed by atoms with Gasteiger partial charge < -0.3 is 0 Å². The Morgan fingerprint density at radius 1 is 1.55 bits per heavy atom. The second-order valence-corrected chi connectivity index (χ2v) is 2.66. The van der Waals surface area contributed by atoms with Crippen LogP contribution in [0.1, 0.15) is 13.3 Å². The van der Waals surface area contributed by atoms with Crippen LogP contribution >= 0.6 is 0 Å². The maximum Gasteiger partial charge on any atom is 0.0988 e. The average Bonchev–Trinajstić information content (AvgIpc) is 2.03. The minimum Gasteiger partial charge on any atom is -0.198 e. The fourth-order valence-electron chi connectivity index (χ4n) is 1.15. The lowest BCUT2D eigenvalue weighted by atomic mass is 9.93. The monoisotopic (exact) mass is 144 g/mol. The third-order valence-corrected chi connectivity index (χ3v) is 1.62. The van der Waals surface area contributed by atoms with Gasteiger partial charge in [-0.15, -0.1) is 0 Å². The number of allylic oxidation sites excluding steroid dienone is 4. The lowest BCUT2D eigenvalue weighted by molar-refractivity contribution is 0.791. The van der Waals surface area contributed by atoms with Gasteiger partial charge >= 0.3 is 0 Å². The molecule has 0 saturated heterocycles. The van der Waals surface area contributed by atoms with Crippen molar-refractivity contribution in [2.24, 2.45) is 5.92 Å². The molecule has 1 atom stereocenters. The Hall–Kier alpha value is -1.54. The predicted molar refractivity (Wildman–Crippen MR) is 41.2 cm³/mol. The first kappa shape index (κ1) is 7.57. The molecule has 0 bridgehead atoms. The van der Waals surface area contributed by atoms with Crippen LogP contribution in [0.3, 0.4) is 0 Å². The molecule has 0 aromatic heterocycles. The van der Waals surface area contributed by atoms with E-state index in [1.165, 1.54) is 0 Å². The van der Waals surface area contributed by atoms with Crippen molar-refractivity contribution in [2.45, 2.75) is 13.3 Å². The van der Waals surface area contributed by atoms with Gasteiger partial charge in [-0.1, -0.05) is 5.57 Å². The largest absolute Gasteiger partial charge is 0.198 e. The van der Waals surface area contributed by atoms with E-state index >= 15 is 0 Å². The van der Waals surface area contributed by atoms with Crippen LogP contribution < -0.4 is 0 Å². The van der Waals surface area contributed by atoms with E-state index in [1.54, 1.807) is 6.08 Å². The predicted octanol–water partition coefficient (Wildman–Crippen LogP) is 1.93. The number of hydrogen-bond donors (Lipinski definition) is 0. The van der Waals surface area contributed by atoms with Crippen LogP contribution in [0.15, 0.2) is 23.3 Å². The summed E-state index contributed by atoms with van der Waals surface area (Å²) in [5.74, 6) is -0.102. The minimum absolute atomic E-state index is 0.102. The van der Waals surface area contributed by atoms with E-state index in [0.717, 1.165) is 12.0 Å². The topological polar surface area (TPSA) is 47.6 Å². The number of hydrogen-bond acceptors (Lipinski definition) is 2. The van der Waals surface area contributed by atoms with Crippen molar-refractivity contribution in [3.8, 4) is 12.1 Å². The molecule has 2 nitrogen and oxygen atoms in total. The first-order valence-electron chi connectivity index (χ1n) is 3.45. The zero-order valence-corrected chi connectivity index (χ0v) is 6.33. The van der Waals surface area contributed by atoms with Crippen LogP contribution in [0.4, 0.5) is 0 Å². The molecule has 0 fully saturated rings. The summed E-state index contributed by atoms with van der Waals surface area (Å²) in [5, 5.41) is 17.1. The summed E-state index contributed by atoms with van der Waals surface area (Å²) in [5.41, 5.74) is 1.72. The van der Waals surface area contributed by atoms with E-state index in [9.17, 15) is 0 Å². The standard InChI is InChI=1S/C9H8N2/c1-7-2-8(5-10)4-9(3-7)6-11/h2,4,9H,3H2,1H3. The van der Waals surface area contributed by atoms with Gasteiger partial charge in [0.25, 0.3) is 0 Å². The summed E-state index contributed by atoms with van der Waals surface area (Å²) in [6, 6.07) is 4.16. The Balaban J connectivity index is 2.90. The molecular weight excluding hydrogens is 136 g/mol. The normalized spacial score (nSPS) is 22.6. The molecule has 1 rings (SSSR count). The summed E-state index contributed by atoms with van der Waals surface area (Å²) < 4.78 is 0. The maximum atomic E-state index is 8.59. The molecule has 0 aromatic carbocycles. The highest BCUT2D eigenvalue weighted by Gasteiger charge is 2.11. The molecule has 0 heterocycles. The van der Waals surface area contributed by atoms with Crippen molar-refractivity contribution < 1.29 is 0 Å². The second kappa shape index (κ2) is 3.03. The van der Waals surface area contributed by atoms with Gasteiger partial charge in [0, 0.05) is 5.57 Å². The first-order valence-corrected chi connectivity index (χ1v) is 3.45. The third kappa shape index (κ3) is 1.69. The Morgan fingerprint density at radius 2 is 2.27 bits per heavy atom. The zero-order valence-electron chi connectivity index (χ0n) is 6.33. The molecule has 11 heavy (non-hydrogen) atoms. The van der Waals surface area contributed by atoms with Gasteiger partial charge in [-0.2, -0.15) is 10.5 Å². The van der Waals surface area contributed by atoms with E-state index in [1.807, 2.05) is 19.1 Å². The summed E-state index contributed by atoms with van der Waals surface area (Å²) in [4.78, 5) is 0. The van der Waals surface area contributed by atoms with Gasteiger partial charge in [-0.05, 0) is 25.5 Å². The van der Waals surface area contributed by atoms with Gasteiger partial charge in [0.2, 0.25) is 0 Å². The van der Waals surface area contributed by atoms with E-state index < -0.39 is 0 Å². The third-order valence-electron chi connectivity index (χ3n) is 1.62. The number of nitriles is 2. The highest BCUT2D eigenvalue weighted by atomic mass is 14.3. The van der Waals surface area contributed by atoms with Gasteiger partial charge in [0.15, 0.2) is 0 Å². The Bertz CT molecular complexity index is 297. The van der Waals surface area contributed by atoms with Crippen LogP contribution in [0.25, 0.3) is 0 Å². The zero-order chi connectivity index (χ0) is 8.27. The first-order chi connectivity index (χ1) is 5.26. The lowest BCUT2D eigenvalue weighted by Gasteiger charge is -2.09. The molecule has 0 saturated carbocycles. The highest BCUT2D eigenvalue weighted by Crippen LogP contribution is 2.20. The summed E-state index contributed by atoms with van der Waals surface area (Å²) >= 11 is 0. The smallest absolute Gasteiger partial charge is 0.0988 e. The average molecular weight is 144 g/mol. The molecule has 1 aliphatic rings. The van der Waals surface area contributed by atoms with Crippen LogP contribution in [0.5, 0.6) is 0 Å². The molecule has 0 aliphatic heterocycles. The van der Waals surface area contributed by atoms with E-state index in [2.05, 4.69) is 6.07 Å². The molecule has 0 N–H and O–H groups in total. The van der Waals surface area contributed by atoms with Gasteiger partial charge in [0.1, 0.15) is 0 Å². The molecule has 1 aliphatic carbocycles. The van der Waals surface area contributed by atoms with E-state index in [0.29, 0.717) is 5.57 Å². The molecule has 0 spiro atoms. The second-order valence-electron chi connectivity index (χ2n) is 2.66. The number of rotatable bonds is 0. The van der Waals surface area contributed by atoms with E-state index in [4.69, 9.17) is 10.5 Å². The summed E-state index contributed by atoms with van der Waals surface area (Å²) in [7, 11) is 0. The molecule has 0 aromatic rings. The van der Waals surface area contributed by atoms with Crippen LogP contribution in [0.2, 0.25) is 0 Å². The maximum absolute atomic E-state index is 8.59. The van der Waals surface area contributed by atoms with Gasteiger partial charge in [0.05, 0.1) is 18.1 Å². The molecule has 0 radical (unpaired) electrons. The Labute approximate surface area is 66.1 Å². The molecule has 0 amide bonds. The quantitative estimate of drug-likeness (QED) is 0.521. The van der Waals surface area contributed by atoms with Crippen LogP contribution in [0, 0.1) is 28.6 Å². The summed E-state index contributed by atoms with van der Waals surface area (Å²) in [6.45, 7) is 1.94. The van der Waals surface area contributed by atoms with Crippen molar-refractivity contribution in [2.75, 3.05) is 0 Å². The Morgan fingerprint density at radius 3 is 2.82 bits per heavy atom. The fraction of sp³-hybridized carbons (Fsp3) is 0.333. The van der Waals surface area contributed by atoms with Crippen LogP contribution in [-0.4, -0.2) is 0 Å². The number of nitrogens with zero attached hydrogens (tertiary/aromatic N) is 2. The lowest BCUT2D eigenvalue weighted by Crippen LogP contribution is -1.99.